The molecule has 1 rings (SSSR count). The van der Waals surface area contributed by atoms with Crippen molar-refractivity contribution in [1.82, 2.24) is 10.2 Å². The van der Waals surface area contributed by atoms with E-state index in [-0.39, 0.29) is 5.91 Å². The lowest BCUT2D eigenvalue weighted by Gasteiger charge is -2.15. The highest BCUT2D eigenvalue weighted by atomic mass is 32.2. The zero-order valence-corrected chi connectivity index (χ0v) is 13.8. The molecule has 0 aliphatic carbocycles. The van der Waals surface area contributed by atoms with Crippen LogP contribution in [0.4, 0.5) is 0 Å². The molecule has 1 N–H and O–H groups in total. The topological polar surface area (TPSA) is 32.3 Å². The second-order valence-corrected chi connectivity index (χ2v) is 5.99. The van der Waals surface area contributed by atoms with Gasteiger partial charge < -0.3 is 10.2 Å². The van der Waals surface area contributed by atoms with Crippen LogP contribution in [0.2, 0.25) is 0 Å². The molecule has 3 nitrogen and oxygen atoms in total. The lowest BCUT2D eigenvalue weighted by atomic mass is 10.1. The first kappa shape index (κ1) is 17.1. The van der Waals surface area contributed by atoms with Gasteiger partial charge in [0.25, 0.3) is 0 Å². The van der Waals surface area contributed by atoms with Gasteiger partial charge in [-0.15, -0.1) is 11.8 Å². The Kier molecular flexibility index (Phi) is 7.70. The van der Waals surface area contributed by atoms with E-state index >= 15 is 0 Å². The Morgan fingerprint density at radius 2 is 1.95 bits per heavy atom. The Labute approximate surface area is 127 Å². The fourth-order valence-corrected chi connectivity index (χ4v) is 2.60. The average Bonchev–Trinajstić information content (AvgIpc) is 2.49. The molecule has 0 aromatic heterocycles. The smallest absolute Gasteiger partial charge is 0.232 e. The molecular formula is C16H26N2OS. The number of rotatable bonds is 8. The molecule has 4 heteroatoms. The molecule has 1 unspecified atom stereocenters. The third-order valence-electron chi connectivity index (χ3n) is 3.34. The van der Waals surface area contributed by atoms with E-state index in [0.29, 0.717) is 11.8 Å². The fraction of sp³-hybridized carbons (Fsp3) is 0.562. The molecule has 0 fully saturated rings. The van der Waals surface area contributed by atoms with Gasteiger partial charge in [-0.2, -0.15) is 0 Å². The maximum Gasteiger partial charge on any atom is 0.232 e. The molecule has 0 aliphatic heterocycles. The van der Waals surface area contributed by atoms with Crippen LogP contribution in [0.3, 0.4) is 0 Å². The fourth-order valence-electron chi connectivity index (χ4n) is 1.76. The molecule has 0 bridgehead atoms. The molecule has 0 radical (unpaired) electrons. The summed E-state index contributed by atoms with van der Waals surface area (Å²) in [6.45, 7) is 8.14. The van der Waals surface area contributed by atoms with Crippen LogP contribution in [0.25, 0.3) is 0 Å². The van der Waals surface area contributed by atoms with Gasteiger partial charge in [0.1, 0.15) is 0 Å². The number of hydrogen-bond donors (Lipinski definition) is 1. The minimum atomic E-state index is 0.180. The number of benzene rings is 1. The van der Waals surface area contributed by atoms with Gasteiger partial charge >= 0.3 is 0 Å². The van der Waals surface area contributed by atoms with Crippen LogP contribution in [0, 0.1) is 0 Å². The standard InChI is InChI=1S/C16H26N2OS/c1-5-11-17-13(3)14-7-9-15(10-8-14)20-12-16(19)18(4)6-2/h7-10,13,17H,5-6,11-12H2,1-4H3. The largest absolute Gasteiger partial charge is 0.345 e. The van der Waals surface area contributed by atoms with Crippen molar-refractivity contribution < 1.29 is 4.79 Å². The zero-order valence-electron chi connectivity index (χ0n) is 13.0. The highest BCUT2D eigenvalue weighted by Gasteiger charge is 2.08. The first-order chi connectivity index (χ1) is 9.58. The normalized spacial score (nSPS) is 12.2. The summed E-state index contributed by atoms with van der Waals surface area (Å²) in [5.41, 5.74) is 1.29. The summed E-state index contributed by atoms with van der Waals surface area (Å²) < 4.78 is 0. The minimum absolute atomic E-state index is 0.180. The van der Waals surface area contributed by atoms with Crippen molar-refractivity contribution >= 4 is 17.7 Å². The summed E-state index contributed by atoms with van der Waals surface area (Å²) in [4.78, 5) is 14.6. The predicted molar refractivity (Wildman–Crippen MR) is 87.2 cm³/mol. The number of amides is 1. The number of nitrogens with one attached hydrogen (secondary N) is 1. The Hall–Kier alpha value is -1.00. The van der Waals surface area contributed by atoms with Crippen molar-refractivity contribution in [3.63, 3.8) is 0 Å². The van der Waals surface area contributed by atoms with Gasteiger partial charge in [0.05, 0.1) is 5.75 Å². The third kappa shape index (κ3) is 5.55. The molecule has 0 heterocycles. The van der Waals surface area contributed by atoms with E-state index in [4.69, 9.17) is 0 Å². The highest BCUT2D eigenvalue weighted by molar-refractivity contribution is 8.00. The second kappa shape index (κ2) is 9.03. The van der Waals surface area contributed by atoms with Crippen LogP contribution in [-0.4, -0.2) is 36.7 Å². The third-order valence-corrected chi connectivity index (χ3v) is 4.34. The molecular weight excluding hydrogens is 268 g/mol. The summed E-state index contributed by atoms with van der Waals surface area (Å²) >= 11 is 1.60. The quantitative estimate of drug-likeness (QED) is 0.747. The maximum atomic E-state index is 11.7. The first-order valence-electron chi connectivity index (χ1n) is 7.28. The van der Waals surface area contributed by atoms with Crippen molar-refractivity contribution in [2.75, 3.05) is 25.9 Å². The van der Waals surface area contributed by atoms with Gasteiger partial charge in [-0.05, 0) is 44.5 Å². The average molecular weight is 294 g/mol. The van der Waals surface area contributed by atoms with Crippen LogP contribution in [0.5, 0.6) is 0 Å². The van der Waals surface area contributed by atoms with Gasteiger partial charge in [0.2, 0.25) is 5.91 Å². The molecule has 112 valence electrons. The number of carbonyl (C=O) groups excluding carboxylic acids is 1. The van der Waals surface area contributed by atoms with E-state index in [9.17, 15) is 4.79 Å². The van der Waals surface area contributed by atoms with E-state index in [1.165, 1.54) is 5.56 Å². The molecule has 0 aliphatic rings. The monoisotopic (exact) mass is 294 g/mol. The van der Waals surface area contributed by atoms with Gasteiger partial charge in [0.15, 0.2) is 0 Å². The Morgan fingerprint density at radius 3 is 2.50 bits per heavy atom. The van der Waals surface area contributed by atoms with Crippen LogP contribution in [-0.2, 0) is 4.79 Å². The number of nitrogens with zero attached hydrogens (tertiary/aromatic N) is 1. The summed E-state index contributed by atoms with van der Waals surface area (Å²) in [5.74, 6) is 0.687. The van der Waals surface area contributed by atoms with Gasteiger partial charge in [-0.25, -0.2) is 0 Å². The van der Waals surface area contributed by atoms with Crippen molar-refractivity contribution in [3.05, 3.63) is 29.8 Å². The number of carbonyl (C=O) groups is 1. The summed E-state index contributed by atoms with van der Waals surface area (Å²) in [5, 5.41) is 3.47. The SMILES string of the molecule is CCCNC(C)c1ccc(SCC(=O)N(C)CC)cc1. The van der Waals surface area contributed by atoms with Crippen LogP contribution in [0.15, 0.2) is 29.2 Å². The van der Waals surface area contributed by atoms with E-state index in [1.807, 2.05) is 14.0 Å². The molecule has 1 amide bonds. The Bertz CT molecular complexity index is 405. The van der Waals surface area contributed by atoms with Crippen molar-refractivity contribution in [2.24, 2.45) is 0 Å². The molecule has 1 atom stereocenters. The first-order valence-corrected chi connectivity index (χ1v) is 8.27. The van der Waals surface area contributed by atoms with Gasteiger partial charge in [-0.3, -0.25) is 4.79 Å². The zero-order chi connectivity index (χ0) is 15.0. The lowest BCUT2D eigenvalue weighted by molar-refractivity contribution is -0.126. The van der Waals surface area contributed by atoms with Gasteiger partial charge in [0, 0.05) is 24.5 Å². The molecule has 0 saturated carbocycles. The van der Waals surface area contributed by atoms with Gasteiger partial charge in [-0.1, -0.05) is 19.1 Å². The maximum absolute atomic E-state index is 11.7. The number of hydrogen-bond acceptors (Lipinski definition) is 3. The molecule has 1 aromatic carbocycles. The van der Waals surface area contributed by atoms with Crippen LogP contribution in [0.1, 0.15) is 38.8 Å². The predicted octanol–water partition coefficient (Wildman–Crippen LogP) is 3.32. The summed E-state index contributed by atoms with van der Waals surface area (Å²) in [7, 11) is 1.84. The van der Waals surface area contributed by atoms with Crippen molar-refractivity contribution in [3.8, 4) is 0 Å². The Morgan fingerprint density at radius 1 is 1.30 bits per heavy atom. The van der Waals surface area contributed by atoms with E-state index in [1.54, 1.807) is 16.7 Å². The lowest BCUT2D eigenvalue weighted by Crippen LogP contribution is -2.27. The van der Waals surface area contributed by atoms with E-state index < -0.39 is 0 Å². The minimum Gasteiger partial charge on any atom is -0.345 e. The molecule has 20 heavy (non-hydrogen) atoms. The summed E-state index contributed by atoms with van der Waals surface area (Å²) in [6, 6.07) is 8.86. The molecule has 1 aromatic rings. The Balaban J connectivity index is 2.48. The number of thioether (sulfide) groups is 1. The second-order valence-electron chi connectivity index (χ2n) is 4.94. The van der Waals surface area contributed by atoms with Crippen molar-refractivity contribution in [2.45, 2.75) is 38.1 Å². The van der Waals surface area contributed by atoms with E-state index in [0.717, 1.165) is 24.4 Å². The molecule has 0 spiro atoms. The molecule has 0 saturated heterocycles. The highest BCUT2D eigenvalue weighted by Crippen LogP contribution is 2.21. The van der Waals surface area contributed by atoms with Crippen LogP contribution >= 0.6 is 11.8 Å². The van der Waals surface area contributed by atoms with E-state index in [2.05, 4.69) is 43.4 Å². The summed E-state index contributed by atoms with van der Waals surface area (Å²) in [6.07, 6.45) is 1.14. The van der Waals surface area contributed by atoms with Crippen molar-refractivity contribution in [1.29, 1.82) is 0 Å². The van der Waals surface area contributed by atoms with Crippen LogP contribution < -0.4 is 5.32 Å².